The molecule has 3 amide bonds. The summed E-state index contributed by atoms with van der Waals surface area (Å²) in [5.41, 5.74) is 0. The topological polar surface area (TPSA) is 95.9 Å². The average Bonchev–Trinajstić information content (AvgIpc) is 2.54. The van der Waals surface area contributed by atoms with Crippen LogP contribution < -0.4 is 5.32 Å². The number of imide groups is 1. The van der Waals surface area contributed by atoms with Crippen LogP contribution in [0.3, 0.4) is 0 Å². The van der Waals surface area contributed by atoms with Crippen molar-refractivity contribution in [2.45, 2.75) is 39.7 Å². The van der Waals surface area contributed by atoms with Crippen molar-refractivity contribution >= 4 is 39.5 Å². The Morgan fingerprint density at radius 2 is 1.83 bits per heavy atom. The Bertz CT molecular complexity index is 382. The van der Waals surface area contributed by atoms with Gasteiger partial charge in [-0.05, 0) is 13.3 Å². The first-order chi connectivity index (χ1) is 11.0. The monoisotopic (exact) mass is 366 g/mol. The van der Waals surface area contributed by atoms with E-state index in [0.29, 0.717) is 30.9 Å². The molecule has 0 spiro atoms. The molecule has 0 aromatic rings. The summed E-state index contributed by atoms with van der Waals surface area (Å²) < 4.78 is 4.92. The smallest absolute Gasteiger partial charge is 0.413 e. The molecule has 0 saturated heterocycles. The quantitative estimate of drug-likeness (QED) is 0.424. The van der Waals surface area contributed by atoms with E-state index in [-0.39, 0.29) is 19.1 Å². The molecule has 0 bridgehead atoms. The summed E-state index contributed by atoms with van der Waals surface area (Å²) in [6, 6.07) is -0.672. The summed E-state index contributed by atoms with van der Waals surface area (Å²) in [5, 5.41) is 10.8. The molecule has 0 aromatic carbocycles. The van der Waals surface area contributed by atoms with Crippen LogP contribution in [0.2, 0.25) is 0 Å². The Morgan fingerprint density at radius 3 is 2.35 bits per heavy atom. The summed E-state index contributed by atoms with van der Waals surface area (Å²) >= 11 is 0. The van der Waals surface area contributed by atoms with Gasteiger partial charge in [-0.1, -0.05) is 35.4 Å². The van der Waals surface area contributed by atoms with Crippen LogP contribution in [0, 0.1) is 0 Å². The Morgan fingerprint density at radius 1 is 1.17 bits per heavy atom. The van der Waals surface area contributed by atoms with Crippen molar-refractivity contribution in [3.63, 3.8) is 0 Å². The molecule has 0 saturated carbocycles. The lowest BCUT2D eigenvalue weighted by Gasteiger charge is -2.28. The number of carbonyl (C=O) groups is 3. The SMILES string of the molecule is CCC(=O)N(CC)[C@@H](CC)C(=O)NC(=O)OCCSSCCO. The number of ether oxygens (including phenoxy) is 1. The number of hydrogen-bond acceptors (Lipinski definition) is 7. The summed E-state index contributed by atoms with van der Waals surface area (Å²) in [6.07, 6.45) is -0.0712. The van der Waals surface area contributed by atoms with Crippen LogP contribution in [0.4, 0.5) is 4.79 Å². The van der Waals surface area contributed by atoms with Crippen LogP contribution in [-0.4, -0.2) is 65.2 Å². The van der Waals surface area contributed by atoms with Crippen LogP contribution in [0.1, 0.15) is 33.6 Å². The van der Waals surface area contributed by atoms with E-state index in [0.717, 1.165) is 0 Å². The second-order valence-corrected chi connectivity index (χ2v) is 7.15. The second-order valence-electron chi connectivity index (χ2n) is 4.45. The van der Waals surface area contributed by atoms with Gasteiger partial charge in [0.25, 0.3) is 5.91 Å². The Hall–Kier alpha value is -0.930. The molecule has 0 rings (SSSR count). The molecule has 0 aliphatic carbocycles. The highest BCUT2D eigenvalue weighted by Gasteiger charge is 2.27. The summed E-state index contributed by atoms with van der Waals surface area (Å²) in [6.45, 7) is 6.00. The lowest BCUT2D eigenvalue weighted by atomic mass is 10.1. The number of carbonyl (C=O) groups excluding carboxylic acids is 3. The summed E-state index contributed by atoms with van der Waals surface area (Å²) in [7, 11) is 2.96. The number of aliphatic hydroxyl groups is 1. The van der Waals surface area contributed by atoms with Crippen molar-refractivity contribution in [3.8, 4) is 0 Å². The van der Waals surface area contributed by atoms with Crippen LogP contribution in [-0.2, 0) is 14.3 Å². The van der Waals surface area contributed by atoms with E-state index in [1.54, 1.807) is 20.8 Å². The molecule has 0 aliphatic heterocycles. The Kier molecular flexibility index (Phi) is 13.0. The van der Waals surface area contributed by atoms with Crippen molar-refractivity contribution < 1.29 is 24.2 Å². The predicted molar refractivity (Wildman–Crippen MR) is 93.2 cm³/mol. The van der Waals surface area contributed by atoms with E-state index < -0.39 is 18.0 Å². The zero-order chi connectivity index (χ0) is 17.7. The van der Waals surface area contributed by atoms with Crippen molar-refractivity contribution in [1.29, 1.82) is 0 Å². The number of nitrogens with one attached hydrogen (secondary N) is 1. The molecule has 0 aliphatic rings. The average molecular weight is 367 g/mol. The van der Waals surface area contributed by atoms with E-state index >= 15 is 0 Å². The van der Waals surface area contributed by atoms with Gasteiger partial charge in [0.05, 0.1) is 6.61 Å². The first-order valence-electron chi connectivity index (χ1n) is 7.64. The van der Waals surface area contributed by atoms with Gasteiger partial charge in [-0.25, -0.2) is 4.79 Å². The van der Waals surface area contributed by atoms with Gasteiger partial charge in [0.15, 0.2) is 0 Å². The number of aliphatic hydroxyl groups excluding tert-OH is 1. The van der Waals surface area contributed by atoms with Gasteiger partial charge >= 0.3 is 6.09 Å². The molecule has 0 aromatic heterocycles. The zero-order valence-electron chi connectivity index (χ0n) is 13.9. The van der Waals surface area contributed by atoms with Crippen LogP contribution in [0.25, 0.3) is 0 Å². The zero-order valence-corrected chi connectivity index (χ0v) is 15.5. The Balaban J connectivity index is 4.26. The van der Waals surface area contributed by atoms with E-state index in [9.17, 15) is 14.4 Å². The maximum atomic E-state index is 12.1. The van der Waals surface area contributed by atoms with Crippen molar-refractivity contribution in [2.75, 3.05) is 31.3 Å². The lowest BCUT2D eigenvalue weighted by molar-refractivity contribution is -0.140. The molecule has 0 heterocycles. The highest BCUT2D eigenvalue weighted by atomic mass is 33.1. The third-order valence-electron chi connectivity index (χ3n) is 2.91. The van der Waals surface area contributed by atoms with Gasteiger partial charge in [0.2, 0.25) is 5.91 Å². The molecule has 9 heteroatoms. The second kappa shape index (κ2) is 13.5. The van der Waals surface area contributed by atoms with E-state index in [4.69, 9.17) is 9.84 Å². The predicted octanol–water partition coefficient (Wildman–Crippen LogP) is 1.65. The fourth-order valence-corrected chi connectivity index (χ4v) is 3.46. The van der Waals surface area contributed by atoms with Crippen LogP contribution in [0.5, 0.6) is 0 Å². The third-order valence-corrected chi connectivity index (χ3v) is 5.26. The van der Waals surface area contributed by atoms with Crippen molar-refractivity contribution in [1.82, 2.24) is 10.2 Å². The molecular formula is C14H26N2O5S2. The van der Waals surface area contributed by atoms with Gasteiger partial charge in [-0.2, -0.15) is 0 Å². The molecule has 134 valence electrons. The van der Waals surface area contributed by atoms with Gasteiger partial charge < -0.3 is 14.7 Å². The largest absolute Gasteiger partial charge is 0.448 e. The van der Waals surface area contributed by atoms with E-state index in [1.807, 2.05) is 0 Å². The normalized spacial score (nSPS) is 11.7. The van der Waals surface area contributed by atoms with Crippen LogP contribution in [0.15, 0.2) is 0 Å². The molecule has 23 heavy (non-hydrogen) atoms. The number of amides is 3. The standard InChI is InChI=1S/C14H26N2O5S2/c1-4-11(16(6-3)12(18)5-2)13(19)15-14(20)21-8-10-23-22-9-7-17/h11,17H,4-10H2,1-3H3,(H,15,19,20)/t11-/m0/s1. The molecule has 2 N–H and O–H groups in total. The molecule has 0 radical (unpaired) electrons. The maximum Gasteiger partial charge on any atom is 0.413 e. The first-order valence-corrected chi connectivity index (χ1v) is 10.1. The van der Waals surface area contributed by atoms with E-state index in [2.05, 4.69) is 5.32 Å². The van der Waals surface area contributed by atoms with Gasteiger partial charge in [-0.3, -0.25) is 14.9 Å². The number of alkyl carbamates (subject to hydrolysis) is 1. The van der Waals surface area contributed by atoms with Crippen molar-refractivity contribution in [3.05, 3.63) is 0 Å². The van der Waals surface area contributed by atoms with Gasteiger partial charge in [-0.15, -0.1) is 0 Å². The molecular weight excluding hydrogens is 340 g/mol. The van der Waals surface area contributed by atoms with Gasteiger partial charge in [0.1, 0.15) is 12.6 Å². The minimum atomic E-state index is -0.804. The number of hydrogen-bond donors (Lipinski definition) is 2. The van der Waals surface area contributed by atoms with E-state index in [1.165, 1.54) is 26.5 Å². The highest BCUT2D eigenvalue weighted by Crippen LogP contribution is 2.19. The molecule has 0 fully saturated rings. The minimum absolute atomic E-state index is 0.107. The van der Waals surface area contributed by atoms with Crippen molar-refractivity contribution in [2.24, 2.45) is 0 Å². The van der Waals surface area contributed by atoms with Gasteiger partial charge in [0, 0.05) is 24.5 Å². The maximum absolute atomic E-state index is 12.1. The number of rotatable bonds is 11. The fourth-order valence-electron chi connectivity index (χ4n) is 1.86. The highest BCUT2D eigenvalue weighted by molar-refractivity contribution is 8.76. The number of nitrogens with zero attached hydrogens (tertiary/aromatic N) is 1. The minimum Gasteiger partial charge on any atom is -0.448 e. The molecule has 1 atom stereocenters. The Labute approximate surface area is 145 Å². The molecule has 7 nitrogen and oxygen atoms in total. The third kappa shape index (κ3) is 9.07. The van der Waals surface area contributed by atoms with Crippen LogP contribution >= 0.6 is 21.6 Å². The summed E-state index contributed by atoms with van der Waals surface area (Å²) in [5.74, 6) is 0.536. The lowest BCUT2D eigenvalue weighted by Crippen LogP contribution is -2.50. The molecule has 0 unspecified atom stereocenters. The fraction of sp³-hybridized carbons (Fsp3) is 0.786. The number of likely N-dealkylation sites (N-methyl/N-ethyl adjacent to an activating group) is 1. The first kappa shape index (κ1) is 22.1. The summed E-state index contributed by atoms with van der Waals surface area (Å²) in [4.78, 5) is 37.0.